The maximum Gasteiger partial charge on any atom is 0.0847 e. The van der Waals surface area contributed by atoms with Gasteiger partial charge in [-0.2, -0.15) is 5.10 Å². The second kappa shape index (κ2) is 6.95. The van der Waals surface area contributed by atoms with Gasteiger partial charge in [-0.25, -0.2) is 0 Å². The molecule has 1 unspecified atom stereocenters. The van der Waals surface area contributed by atoms with Gasteiger partial charge in [0.05, 0.1) is 16.4 Å². The standard InChI is InChI=1S/C16H28ClN3/c1-11(2)18-10-14(13-7-5-6-8-13)9-15-16(17)12(3)19-20(15)4/h11,13-14,18H,5-10H2,1-4H3. The Balaban J connectivity index is 2.09. The third-order valence-corrected chi connectivity index (χ3v) is 5.06. The Hall–Kier alpha value is -0.540. The molecule has 0 radical (unpaired) electrons. The van der Waals surface area contributed by atoms with E-state index in [0.717, 1.165) is 29.6 Å². The smallest absolute Gasteiger partial charge is 0.0847 e. The number of rotatable bonds is 6. The highest BCUT2D eigenvalue weighted by atomic mass is 35.5. The minimum Gasteiger partial charge on any atom is -0.314 e. The first-order valence-corrected chi connectivity index (χ1v) is 8.28. The van der Waals surface area contributed by atoms with Crippen molar-refractivity contribution in [3.63, 3.8) is 0 Å². The van der Waals surface area contributed by atoms with Crippen LogP contribution in [0.25, 0.3) is 0 Å². The van der Waals surface area contributed by atoms with Gasteiger partial charge < -0.3 is 5.32 Å². The van der Waals surface area contributed by atoms with Crippen LogP contribution in [0.5, 0.6) is 0 Å². The Bertz CT molecular complexity index is 433. The predicted molar refractivity (Wildman–Crippen MR) is 85.2 cm³/mol. The molecule has 3 nitrogen and oxygen atoms in total. The topological polar surface area (TPSA) is 29.9 Å². The van der Waals surface area contributed by atoms with Gasteiger partial charge in [0.1, 0.15) is 0 Å². The van der Waals surface area contributed by atoms with Crippen LogP contribution in [0.2, 0.25) is 5.02 Å². The SMILES string of the molecule is Cc1nn(C)c(CC(CNC(C)C)C2CCCC2)c1Cl. The van der Waals surface area contributed by atoms with Gasteiger partial charge in [-0.15, -0.1) is 0 Å². The first kappa shape index (κ1) is 15.8. The molecular weight excluding hydrogens is 270 g/mol. The van der Waals surface area contributed by atoms with Crippen LogP contribution in [-0.4, -0.2) is 22.4 Å². The van der Waals surface area contributed by atoms with Crippen molar-refractivity contribution in [2.24, 2.45) is 18.9 Å². The van der Waals surface area contributed by atoms with Crippen LogP contribution in [0.1, 0.15) is 50.9 Å². The van der Waals surface area contributed by atoms with Gasteiger partial charge in [-0.05, 0) is 31.7 Å². The summed E-state index contributed by atoms with van der Waals surface area (Å²) in [7, 11) is 2.01. The summed E-state index contributed by atoms with van der Waals surface area (Å²) < 4.78 is 1.97. The van der Waals surface area contributed by atoms with E-state index in [1.54, 1.807) is 0 Å². The summed E-state index contributed by atoms with van der Waals surface area (Å²) in [6.07, 6.45) is 6.57. The molecule has 4 heteroatoms. The molecule has 1 aromatic heterocycles. The normalized spacial score (nSPS) is 18.1. The van der Waals surface area contributed by atoms with Crippen molar-refractivity contribution >= 4 is 11.6 Å². The fraction of sp³-hybridized carbons (Fsp3) is 0.812. The third kappa shape index (κ3) is 3.76. The monoisotopic (exact) mass is 297 g/mol. The minimum absolute atomic E-state index is 0.544. The van der Waals surface area contributed by atoms with E-state index in [4.69, 9.17) is 11.6 Å². The molecule has 0 amide bonds. The fourth-order valence-electron chi connectivity index (χ4n) is 3.37. The summed E-state index contributed by atoms with van der Waals surface area (Å²) in [4.78, 5) is 0. The molecule has 0 saturated heterocycles. The molecule has 2 rings (SSSR count). The van der Waals surface area contributed by atoms with E-state index in [9.17, 15) is 0 Å². The van der Waals surface area contributed by atoms with E-state index >= 15 is 0 Å². The Morgan fingerprint density at radius 3 is 2.50 bits per heavy atom. The van der Waals surface area contributed by atoms with Gasteiger partial charge in [0, 0.05) is 13.1 Å². The molecule has 0 bridgehead atoms. The van der Waals surface area contributed by atoms with Gasteiger partial charge >= 0.3 is 0 Å². The number of hydrogen-bond donors (Lipinski definition) is 1. The number of hydrogen-bond acceptors (Lipinski definition) is 2. The molecule has 1 saturated carbocycles. The van der Waals surface area contributed by atoms with Gasteiger partial charge in [0.2, 0.25) is 0 Å². The van der Waals surface area contributed by atoms with Crippen molar-refractivity contribution in [2.45, 2.75) is 58.9 Å². The van der Waals surface area contributed by atoms with Crippen LogP contribution in [0.4, 0.5) is 0 Å². The number of aryl methyl sites for hydroxylation is 2. The van der Waals surface area contributed by atoms with E-state index in [2.05, 4.69) is 24.3 Å². The van der Waals surface area contributed by atoms with Crippen LogP contribution in [-0.2, 0) is 13.5 Å². The molecule has 1 heterocycles. The average molecular weight is 298 g/mol. The molecule has 1 N–H and O–H groups in total. The summed E-state index contributed by atoms with van der Waals surface area (Å²) >= 11 is 6.42. The van der Waals surface area contributed by atoms with Gasteiger partial charge in [-0.3, -0.25) is 4.68 Å². The zero-order chi connectivity index (χ0) is 14.7. The second-order valence-electron chi connectivity index (χ2n) is 6.54. The molecule has 1 aromatic rings. The predicted octanol–water partition coefficient (Wildman–Crippen LogP) is 3.73. The molecule has 0 aliphatic heterocycles. The molecule has 0 spiro atoms. The van der Waals surface area contributed by atoms with Crippen LogP contribution >= 0.6 is 11.6 Å². The van der Waals surface area contributed by atoms with Crippen LogP contribution in [0, 0.1) is 18.8 Å². The zero-order valence-corrected chi connectivity index (χ0v) is 14.0. The molecule has 0 aromatic carbocycles. The van der Waals surface area contributed by atoms with E-state index in [1.807, 2.05) is 18.7 Å². The van der Waals surface area contributed by atoms with Crippen LogP contribution in [0.3, 0.4) is 0 Å². The maximum absolute atomic E-state index is 6.42. The minimum atomic E-state index is 0.544. The lowest BCUT2D eigenvalue weighted by Crippen LogP contribution is -2.33. The first-order valence-electron chi connectivity index (χ1n) is 7.90. The number of halogens is 1. The molecule has 1 aliphatic carbocycles. The van der Waals surface area contributed by atoms with Crippen LogP contribution < -0.4 is 5.32 Å². The van der Waals surface area contributed by atoms with E-state index in [1.165, 1.54) is 31.4 Å². The molecule has 114 valence electrons. The van der Waals surface area contributed by atoms with Crippen molar-refractivity contribution in [3.05, 3.63) is 16.4 Å². The van der Waals surface area contributed by atoms with E-state index < -0.39 is 0 Å². The molecule has 1 fully saturated rings. The lowest BCUT2D eigenvalue weighted by Gasteiger charge is -2.25. The van der Waals surface area contributed by atoms with Crippen LogP contribution in [0.15, 0.2) is 0 Å². The summed E-state index contributed by atoms with van der Waals surface area (Å²) in [5.41, 5.74) is 2.15. The fourth-order valence-corrected chi connectivity index (χ4v) is 3.61. The van der Waals surface area contributed by atoms with E-state index in [0.29, 0.717) is 12.0 Å². The highest BCUT2D eigenvalue weighted by Crippen LogP contribution is 2.34. The highest BCUT2D eigenvalue weighted by Gasteiger charge is 2.27. The van der Waals surface area contributed by atoms with Gasteiger partial charge in [0.25, 0.3) is 0 Å². The largest absolute Gasteiger partial charge is 0.314 e. The molecular formula is C16H28ClN3. The summed E-state index contributed by atoms with van der Waals surface area (Å²) in [6.45, 7) is 7.51. The van der Waals surface area contributed by atoms with Gasteiger partial charge in [-0.1, -0.05) is 51.1 Å². The second-order valence-corrected chi connectivity index (χ2v) is 6.92. The van der Waals surface area contributed by atoms with Crippen molar-refractivity contribution in [1.29, 1.82) is 0 Å². The molecule has 20 heavy (non-hydrogen) atoms. The van der Waals surface area contributed by atoms with Crippen molar-refractivity contribution < 1.29 is 0 Å². The number of nitrogens with one attached hydrogen (secondary N) is 1. The molecule has 1 atom stereocenters. The Kier molecular flexibility index (Phi) is 5.50. The Morgan fingerprint density at radius 1 is 1.35 bits per heavy atom. The Morgan fingerprint density at radius 2 is 2.00 bits per heavy atom. The highest BCUT2D eigenvalue weighted by molar-refractivity contribution is 6.31. The average Bonchev–Trinajstić information content (AvgIpc) is 2.98. The lowest BCUT2D eigenvalue weighted by molar-refractivity contribution is 0.308. The molecule has 1 aliphatic rings. The summed E-state index contributed by atoms with van der Waals surface area (Å²) in [5.74, 6) is 1.51. The Labute approximate surface area is 128 Å². The number of nitrogens with zero attached hydrogens (tertiary/aromatic N) is 2. The van der Waals surface area contributed by atoms with Gasteiger partial charge in [0.15, 0.2) is 0 Å². The van der Waals surface area contributed by atoms with E-state index in [-0.39, 0.29) is 0 Å². The first-order chi connectivity index (χ1) is 9.49. The zero-order valence-electron chi connectivity index (χ0n) is 13.2. The van der Waals surface area contributed by atoms with Crippen molar-refractivity contribution in [1.82, 2.24) is 15.1 Å². The quantitative estimate of drug-likeness (QED) is 0.867. The lowest BCUT2D eigenvalue weighted by atomic mass is 9.86. The van der Waals surface area contributed by atoms with Crippen molar-refractivity contribution in [3.8, 4) is 0 Å². The van der Waals surface area contributed by atoms with Crippen molar-refractivity contribution in [2.75, 3.05) is 6.54 Å². The third-order valence-electron chi connectivity index (χ3n) is 4.57. The number of aromatic nitrogens is 2. The maximum atomic E-state index is 6.42. The summed E-state index contributed by atoms with van der Waals surface area (Å²) in [5, 5.41) is 8.93. The summed E-state index contributed by atoms with van der Waals surface area (Å²) in [6, 6.07) is 0.544.